The molecule has 45 heavy (non-hydrogen) atoms. The summed E-state index contributed by atoms with van der Waals surface area (Å²) >= 11 is 0. The molecule has 0 radical (unpaired) electrons. The fraction of sp³-hybridized carbons (Fsp3) is 0.206. The van der Waals surface area contributed by atoms with E-state index in [2.05, 4.69) is 16.0 Å². The average molecular weight is 617 g/mol. The molecule has 1 saturated carbocycles. The highest BCUT2D eigenvalue weighted by atomic mass is 32.2. The van der Waals surface area contributed by atoms with Crippen molar-refractivity contribution in [2.75, 3.05) is 20.1 Å². The lowest BCUT2D eigenvalue weighted by atomic mass is 9.82. The molecule has 0 spiro atoms. The van der Waals surface area contributed by atoms with Gasteiger partial charge in [-0.2, -0.15) is 9.57 Å². The van der Waals surface area contributed by atoms with Crippen molar-refractivity contribution in [1.29, 1.82) is 5.26 Å². The molecular weight excluding hydrogens is 588 g/mol. The number of allylic oxidation sites excluding steroid dienone is 1. The summed E-state index contributed by atoms with van der Waals surface area (Å²) in [7, 11) is -1.89. The van der Waals surface area contributed by atoms with E-state index < -0.39 is 15.6 Å². The first-order valence-electron chi connectivity index (χ1n) is 14.5. The van der Waals surface area contributed by atoms with Crippen molar-refractivity contribution < 1.29 is 18.0 Å². The van der Waals surface area contributed by atoms with Crippen LogP contribution in [0.5, 0.6) is 0 Å². The minimum atomic E-state index is -3.68. The SMILES string of the molecule is CN1C(=CC(=O)c2ccc(C#N)cc2)N([C@H]2[C@@H]3CN(S(=O)(=O)c4ccccc4)C[C@@H]32)C(=O)C1(c1ccncc1)c1ccncc1. The lowest BCUT2D eigenvalue weighted by Gasteiger charge is -2.35. The van der Waals surface area contributed by atoms with Crippen LogP contribution in [0.1, 0.15) is 27.0 Å². The molecule has 2 aromatic carbocycles. The summed E-state index contributed by atoms with van der Waals surface area (Å²) in [6.07, 6.45) is 7.99. The van der Waals surface area contributed by atoms with Gasteiger partial charge in [0.1, 0.15) is 5.82 Å². The molecule has 1 amide bonds. The Morgan fingerprint density at radius 2 is 1.44 bits per heavy atom. The van der Waals surface area contributed by atoms with Crippen LogP contribution in [0.2, 0.25) is 0 Å². The third-order valence-electron chi connectivity index (χ3n) is 9.17. The number of nitriles is 1. The number of fused-ring (bicyclic) bond motifs is 1. The zero-order valence-corrected chi connectivity index (χ0v) is 25.1. The van der Waals surface area contributed by atoms with Gasteiger partial charge in [0.25, 0.3) is 5.91 Å². The Bertz CT molecular complexity index is 1910. The fourth-order valence-electron chi connectivity index (χ4n) is 6.88. The third kappa shape index (κ3) is 4.44. The summed E-state index contributed by atoms with van der Waals surface area (Å²) in [4.78, 5) is 40.8. The van der Waals surface area contributed by atoms with Crippen LogP contribution in [-0.4, -0.2) is 70.4 Å². The van der Waals surface area contributed by atoms with Gasteiger partial charge in [-0.3, -0.25) is 24.5 Å². The monoisotopic (exact) mass is 616 g/mol. The van der Waals surface area contributed by atoms with Gasteiger partial charge in [0.15, 0.2) is 11.3 Å². The van der Waals surface area contributed by atoms with Gasteiger partial charge in [0, 0.05) is 74.4 Å². The number of rotatable bonds is 7. The van der Waals surface area contributed by atoms with Crippen LogP contribution in [0.4, 0.5) is 0 Å². The van der Waals surface area contributed by atoms with E-state index in [1.165, 1.54) is 10.4 Å². The maximum absolute atomic E-state index is 15.0. The number of nitrogens with zero attached hydrogens (tertiary/aromatic N) is 6. The summed E-state index contributed by atoms with van der Waals surface area (Å²) in [5.74, 6) is -0.337. The number of sulfonamides is 1. The summed E-state index contributed by atoms with van der Waals surface area (Å²) < 4.78 is 28.2. The van der Waals surface area contributed by atoms with Gasteiger partial charge in [0.2, 0.25) is 10.0 Å². The Hall–Kier alpha value is -5.18. The molecule has 10 nitrogen and oxygen atoms in total. The van der Waals surface area contributed by atoms with Gasteiger partial charge in [-0.05, 0) is 71.8 Å². The molecule has 0 bridgehead atoms. The molecule has 7 rings (SSSR count). The van der Waals surface area contributed by atoms with Crippen LogP contribution < -0.4 is 0 Å². The minimum Gasteiger partial charge on any atom is -0.339 e. The van der Waals surface area contributed by atoms with E-state index in [0.717, 1.165) is 0 Å². The highest BCUT2D eigenvalue weighted by molar-refractivity contribution is 7.89. The molecular formula is C34H28N6O4S. The molecule has 0 unspecified atom stereocenters. The topological polar surface area (TPSA) is 128 Å². The number of carbonyl (C=O) groups is 2. The summed E-state index contributed by atoms with van der Waals surface area (Å²) in [5.41, 5.74) is 0.840. The van der Waals surface area contributed by atoms with Crippen molar-refractivity contribution in [1.82, 2.24) is 24.1 Å². The Morgan fingerprint density at radius 3 is 1.98 bits per heavy atom. The summed E-state index contributed by atoms with van der Waals surface area (Å²) in [6, 6.07) is 23.6. The number of benzene rings is 2. The van der Waals surface area contributed by atoms with E-state index in [4.69, 9.17) is 0 Å². The van der Waals surface area contributed by atoms with Gasteiger partial charge in [-0.15, -0.1) is 0 Å². The lowest BCUT2D eigenvalue weighted by Crippen LogP contribution is -2.46. The molecule has 3 atom stereocenters. The second-order valence-corrected chi connectivity index (χ2v) is 13.4. The number of carbonyl (C=O) groups excluding carboxylic acids is 2. The lowest BCUT2D eigenvalue weighted by molar-refractivity contribution is -0.132. The van der Waals surface area contributed by atoms with E-state index >= 15 is 0 Å². The largest absolute Gasteiger partial charge is 0.339 e. The van der Waals surface area contributed by atoms with Crippen molar-refractivity contribution in [2.45, 2.75) is 16.5 Å². The van der Waals surface area contributed by atoms with Crippen LogP contribution in [0.15, 0.2) is 120 Å². The molecule has 11 heteroatoms. The highest BCUT2D eigenvalue weighted by Gasteiger charge is 2.67. The van der Waals surface area contributed by atoms with E-state index in [-0.39, 0.29) is 47.6 Å². The fourth-order valence-corrected chi connectivity index (χ4v) is 8.42. The van der Waals surface area contributed by atoms with Crippen LogP contribution in [0.25, 0.3) is 0 Å². The first-order valence-corrected chi connectivity index (χ1v) is 15.9. The number of amides is 1. The van der Waals surface area contributed by atoms with E-state index in [0.29, 0.717) is 28.1 Å². The number of aromatic nitrogens is 2. The maximum atomic E-state index is 15.0. The Kier molecular flexibility index (Phi) is 6.84. The predicted octanol–water partition coefficient (Wildman–Crippen LogP) is 3.41. The van der Waals surface area contributed by atoms with E-state index in [1.807, 2.05) is 4.90 Å². The van der Waals surface area contributed by atoms with E-state index in [9.17, 15) is 23.3 Å². The third-order valence-corrected chi connectivity index (χ3v) is 11.0. The molecule has 4 aromatic rings. The molecule has 3 aliphatic rings. The van der Waals surface area contributed by atoms with Gasteiger partial charge in [-0.25, -0.2) is 8.42 Å². The molecule has 3 fully saturated rings. The van der Waals surface area contributed by atoms with Crippen molar-refractivity contribution in [3.8, 4) is 6.07 Å². The van der Waals surface area contributed by atoms with Crippen molar-refractivity contribution in [3.63, 3.8) is 0 Å². The van der Waals surface area contributed by atoms with Gasteiger partial charge in [-0.1, -0.05) is 18.2 Å². The number of pyridine rings is 2. The van der Waals surface area contributed by atoms with Gasteiger partial charge in [0.05, 0.1) is 16.5 Å². The first kappa shape index (κ1) is 28.6. The Balaban J connectivity index is 1.30. The van der Waals surface area contributed by atoms with Crippen LogP contribution in [0, 0.1) is 23.2 Å². The predicted molar refractivity (Wildman–Crippen MR) is 163 cm³/mol. The number of hydrogen-bond acceptors (Lipinski definition) is 8. The van der Waals surface area contributed by atoms with Crippen LogP contribution >= 0.6 is 0 Å². The highest BCUT2D eigenvalue weighted by Crippen LogP contribution is 2.56. The quantitative estimate of drug-likeness (QED) is 0.228. The summed E-state index contributed by atoms with van der Waals surface area (Å²) in [6.45, 7) is 0.544. The molecule has 1 aliphatic carbocycles. The molecule has 2 saturated heterocycles. The second-order valence-electron chi connectivity index (χ2n) is 11.4. The zero-order valence-electron chi connectivity index (χ0n) is 24.3. The number of hydrogen-bond donors (Lipinski definition) is 0. The number of piperidine rings is 1. The Morgan fingerprint density at radius 1 is 0.889 bits per heavy atom. The van der Waals surface area contributed by atoms with Crippen LogP contribution in [-0.2, 0) is 20.4 Å². The smallest absolute Gasteiger partial charge is 0.263 e. The Labute approximate surface area is 260 Å². The standard InChI is InChI=1S/C34H28N6O4S/c1-38-31(19-30(41)24-9-7-23(20-35)8-10-24)40(32-28-21-39(22-29(28)32)45(43,44)27-5-3-2-4-6-27)33(42)34(38,25-11-15-36-16-12-25)26-13-17-37-18-14-26/h2-19,28-29,32H,21-22H2,1H3/t28-,29+,32+. The number of ketones is 1. The second kappa shape index (κ2) is 10.8. The molecule has 224 valence electrons. The zero-order chi connectivity index (χ0) is 31.3. The van der Waals surface area contributed by atoms with Crippen molar-refractivity contribution in [3.05, 3.63) is 138 Å². The maximum Gasteiger partial charge on any atom is 0.263 e. The number of likely N-dealkylation sites (N-methyl/N-ethyl adjacent to an activating group) is 1. The van der Waals surface area contributed by atoms with Crippen molar-refractivity contribution in [2.24, 2.45) is 11.8 Å². The average Bonchev–Trinajstić information content (AvgIpc) is 3.44. The van der Waals surface area contributed by atoms with Gasteiger partial charge >= 0.3 is 0 Å². The van der Waals surface area contributed by atoms with Crippen molar-refractivity contribution >= 4 is 21.7 Å². The molecule has 2 aliphatic heterocycles. The van der Waals surface area contributed by atoms with Gasteiger partial charge < -0.3 is 4.90 Å². The summed E-state index contributed by atoms with van der Waals surface area (Å²) in [5, 5.41) is 9.20. The van der Waals surface area contributed by atoms with Crippen LogP contribution in [0.3, 0.4) is 0 Å². The molecule has 0 N–H and O–H groups in total. The molecule has 2 aromatic heterocycles. The molecule has 4 heterocycles. The minimum absolute atomic E-state index is 0.0973. The first-order chi connectivity index (χ1) is 21.8. The normalized spacial score (nSPS) is 23.2. The van der Waals surface area contributed by atoms with E-state index in [1.54, 1.807) is 116 Å².